The first kappa shape index (κ1) is 28.0. The number of aliphatic carboxylic acids is 1. The van der Waals surface area contributed by atoms with Gasteiger partial charge in [0.05, 0.1) is 11.5 Å². The van der Waals surface area contributed by atoms with Crippen LogP contribution in [0.15, 0.2) is 78.9 Å². The number of rotatable bonds is 10. The van der Waals surface area contributed by atoms with E-state index < -0.39 is 17.6 Å². The molecule has 6 rings (SSSR count). The monoisotopic (exact) mass is 567 g/mol. The van der Waals surface area contributed by atoms with Crippen molar-refractivity contribution in [3.05, 3.63) is 95.6 Å². The summed E-state index contributed by atoms with van der Waals surface area (Å²) in [6.45, 7) is 2.83. The molecule has 2 aliphatic carbocycles. The molecule has 2 unspecified atom stereocenters. The van der Waals surface area contributed by atoms with Gasteiger partial charge in [0.25, 0.3) is 0 Å². The first-order valence-corrected chi connectivity index (χ1v) is 14.8. The van der Waals surface area contributed by atoms with Gasteiger partial charge in [0.2, 0.25) is 5.91 Å². The quantitative estimate of drug-likeness (QED) is 0.325. The van der Waals surface area contributed by atoms with Crippen molar-refractivity contribution in [3.8, 4) is 11.1 Å². The normalized spacial score (nSPS) is 20.7. The van der Waals surface area contributed by atoms with E-state index in [0.29, 0.717) is 25.8 Å². The average molecular weight is 568 g/mol. The summed E-state index contributed by atoms with van der Waals surface area (Å²) in [5, 5.41) is 15.2. The Morgan fingerprint density at radius 3 is 2.12 bits per heavy atom. The Morgan fingerprint density at radius 2 is 1.50 bits per heavy atom. The van der Waals surface area contributed by atoms with Crippen molar-refractivity contribution < 1.29 is 24.2 Å². The summed E-state index contributed by atoms with van der Waals surface area (Å²) in [6.07, 6.45) is 1.42. The zero-order valence-electron chi connectivity index (χ0n) is 23.6. The van der Waals surface area contributed by atoms with Gasteiger partial charge in [0.15, 0.2) is 0 Å². The van der Waals surface area contributed by atoms with Crippen molar-refractivity contribution >= 4 is 18.0 Å². The molecule has 8 heteroatoms. The van der Waals surface area contributed by atoms with E-state index in [2.05, 4.69) is 51.9 Å². The Labute approximate surface area is 246 Å². The Hall–Kier alpha value is -4.17. The summed E-state index contributed by atoms with van der Waals surface area (Å²) in [6, 6.07) is 26.7. The SMILES string of the molecule is O=C(CC1(NC(=O)OCC2c3ccccc3-c3ccccc32)CCN(Cc2ccccc2)CC1)NCC1CC1C(=O)O. The predicted octanol–water partition coefficient (Wildman–Crippen LogP) is 4.79. The summed E-state index contributed by atoms with van der Waals surface area (Å²) in [5.74, 6) is -1.43. The van der Waals surface area contributed by atoms with Crippen LogP contribution in [0.25, 0.3) is 11.1 Å². The van der Waals surface area contributed by atoms with Crippen LogP contribution in [-0.4, -0.2) is 59.8 Å². The molecule has 2 fully saturated rings. The summed E-state index contributed by atoms with van der Waals surface area (Å²) in [4.78, 5) is 39.9. The minimum atomic E-state index is -0.812. The molecule has 3 aliphatic rings. The largest absolute Gasteiger partial charge is 0.481 e. The maximum absolute atomic E-state index is 13.3. The number of ether oxygens (including phenoxy) is 1. The van der Waals surface area contributed by atoms with Crippen molar-refractivity contribution in [2.75, 3.05) is 26.2 Å². The number of alkyl carbamates (subject to hydrolysis) is 1. The lowest BCUT2D eigenvalue weighted by molar-refractivity contribution is -0.139. The fraction of sp³-hybridized carbons (Fsp3) is 0.382. The molecular weight excluding hydrogens is 530 g/mol. The highest BCUT2D eigenvalue weighted by Crippen LogP contribution is 2.44. The molecule has 2 amide bonds. The van der Waals surface area contributed by atoms with Gasteiger partial charge in [-0.1, -0.05) is 78.9 Å². The van der Waals surface area contributed by atoms with Gasteiger partial charge in [-0.2, -0.15) is 0 Å². The second-order valence-electron chi connectivity index (χ2n) is 11.9. The number of nitrogens with zero attached hydrogens (tertiary/aromatic N) is 1. The molecule has 0 spiro atoms. The van der Waals surface area contributed by atoms with Gasteiger partial charge >= 0.3 is 12.1 Å². The van der Waals surface area contributed by atoms with Crippen LogP contribution in [0.5, 0.6) is 0 Å². The summed E-state index contributed by atoms with van der Waals surface area (Å²) >= 11 is 0. The second-order valence-corrected chi connectivity index (χ2v) is 11.9. The Kier molecular flexibility index (Phi) is 7.98. The molecule has 1 heterocycles. The van der Waals surface area contributed by atoms with Gasteiger partial charge in [-0.15, -0.1) is 0 Å². The van der Waals surface area contributed by atoms with Crippen molar-refractivity contribution in [1.29, 1.82) is 0 Å². The topological polar surface area (TPSA) is 108 Å². The maximum atomic E-state index is 13.3. The Morgan fingerprint density at radius 1 is 0.881 bits per heavy atom. The van der Waals surface area contributed by atoms with Gasteiger partial charge in [-0.3, -0.25) is 14.5 Å². The van der Waals surface area contributed by atoms with Gasteiger partial charge in [-0.25, -0.2) is 4.79 Å². The molecule has 3 N–H and O–H groups in total. The van der Waals surface area contributed by atoms with Gasteiger partial charge in [-0.05, 0) is 53.0 Å². The molecule has 3 aromatic carbocycles. The summed E-state index contributed by atoms with van der Waals surface area (Å²) in [7, 11) is 0. The molecule has 0 bridgehead atoms. The lowest BCUT2D eigenvalue weighted by Gasteiger charge is -2.41. The minimum absolute atomic E-state index is 0.0230. The molecule has 1 aliphatic heterocycles. The average Bonchev–Trinajstić information content (AvgIpc) is 3.72. The minimum Gasteiger partial charge on any atom is -0.481 e. The fourth-order valence-electron chi connectivity index (χ4n) is 6.57. The Bertz CT molecular complexity index is 1400. The van der Waals surface area contributed by atoms with Crippen LogP contribution in [0, 0.1) is 11.8 Å². The van der Waals surface area contributed by atoms with Crippen LogP contribution in [0.4, 0.5) is 4.79 Å². The third-order valence-electron chi connectivity index (χ3n) is 9.07. The van der Waals surface area contributed by atoms with Crippen LogP contribution in [0.2, 0.25) is 0 Å². The standard InChI is InChI=1S/C34H37N3O5/c38-31(35-20-24-18-29(24)32(39)40)19-34(14-16-37(17-15-34)21-23-8-2-1-3-9-23)36-33(41)42-22-30-27-12-6-4-10-25(27)26-11-5-7-13-28(26)30/h1-13,24,29-30H,14-22H2,(H,35,38)(H,36,41)(H,39,40). The molecule has 0 aromatic heterocycles. The number of carboxylic acids is 1. The second kappa shape index (κ2) is 12.0. The molecule has 2 atom stereocenters. The number of amides is 2. The van der Waals surface area contributed by atoms with Crippen molar-refractivity contribution in [1.82, 2.24) is 15.5 Å². The van der Waals surface area contributed by atoms with Crippen molar-refractivity contribution in [3.63, 3.8) is 0 Å². The highest BCUT2D eigenvalue weighted by atomic mass is 16.5. The number of piperidine rings is 1. The van der Waals surface area contributed by atoms with E-state index in [1.807, 2.05) is 42.5 Å². The summed E-state index contributed by atoms with van der Waals surface area (Å²) < 4.78 is 5.86. The molecule has 0 radical (unpaired) electrons. The first-order chi connectivity index (χ1) is 20.4. The van der Waals surface area contributed by atoms with Gasteiger partial charge < -0.3 is 20.5 Å². The van der Waals surface area contributed by atoms with Crippen molar-refractivity contribution in [2.45, 2.75) is 43.7 Å². The number of likely N-dealkylation sites (tertiary alicyclic amines) is 1. The number of carbonyl (C=O) groups excluding carboxylic acids is 2. The van der Waals surface area contributed by atoms with E-state index in [9.17, 15) is 19.5 Å². The third kappa shape index (κ3) is 6.19. The molecule has 8 nitrogen and oxygen atoms in total. The number of nitrogens with one attached hydrogen (secondary N) is 2. The smallest absolute Gasteiger partial charge is 0.407 e. The molecular formula is C34H37N3O5. The maximum Gasteiger partial charge on any atom is 0.407 e. The fourth-order valence-corrected chi connectivity index (χ4v) is 6.57. The van der Waals surface area contributed by atoms with Crippen LogP contribution >= 0.6 is 0 Å². The molecule has 1 saturated heterocycles. The van der Waals surface area contributed by atoms with E-state index in [0.717, 1.165) is 30.8 Å². The van der Waals surface area contributed by atoms with E-state index >= 15 is 0 Å². The number of hydrogen-bond donors (Lipinski definition) is 3. The number of carboxylic acid groups (broad SMARTS) is 1. The van der Waals surface area contributed by atoms with E-state index in [1.165, 1.54) is 16.7 Å². The van der Waals surface area contributed by atoms with Crippen LogP contribution in [-0.2, 0) is 20.9 Å². The molecule has 1 saturated carbocycles. The number of benzene rings is 3. The third-order valence-corrected chi connectivity index (χ3v) is 9.07. The van der Waals surface area contributed by atoms with Crippen LogP contribution in [0.3, 0.4) is 0 Å². The van der Waals surface area contributed by atoms with Crippen molar-refractivity contribution in [2.24, 2.45) is 11.8 Å². The van der Waals surface area contributed by atoms with Crippen LogP contribution < -0.4 is 10.6 Å². The molecule has 3 aromatic rings. The van der Waals surface area contributed by atoms with Gasteiger partial charge in [0, 0.05) is 38.5 Å². The van der Waals surface area contributed by atoms with E-state index in [-0.39, 0.29) is 36.7 Å². The highest BCUT2D eigenvalue weighted by Gasteiger charge is 2.44. The molecule has 218 valence electrons. The summed E-state index contributed by atoms with van der Waals surface area (Å²) in [5.41, 5.74) is 5.12. The van der Waals surface area contributed by atoms with E-state index in [4.69, 9.17) is 4.74 Å². The predicted molar refractivity (Wildman–Crippen MR) is 159 cm³/mol. The van der Waals surface area contributed by atoms with Crippen LogP contribution in [0.1, 0.15) is 48.3 Å². The number of fused-ring (bicyclic) bond motifs is 3. The van der Waals surface area contributed by atoms with E-state index in [1.54, 1.807) is 0 Å². The zero-order valence-corrected chi connectivity index (χ0v) is 23.6. The molecule has 42 heavy (non-hydrogen) atoms. The lowest BCUT2D eigenvalue weighted by atomic mass is 9.84. The Balaban J connectivity index is 1.10. The van der Waals surface area contributed by atoms with Gasteiger partial charge in [0.1, 0.15) is 6.61 Å². The number of carbonyl (C=O) groups is 3. The number of hydrogen-bond acceptors (Lipinski definition) is 5. The zero-order chi connectivity index (χ0) is 29.1. The lowest BCUT2D eigenvalue weighted by Crippen LogP contribution is -2.57. The highest BCUT2D eigenvalue weighted by molar-refractivity contribution is 5.80. The first-order valence-electron chi connectivity index (χ1n) is 14.8.